The molecule has 1 aromatic carbocycles. The first kappa shape index (κ1) is 16.5. The Morgan fingerprint density at radius 1 is 1.13 bits per heavy atom. The molecule has 0 bridgehead atoms. The zero-order chi connectivity index (χ0) is 16.4. The van der Waals surface area contributed by atoms with Gasteiger partial charge in [-0.2, -0.15) is 13.2 Å². The molecule has 1 unspecified atom stereocenters. The quantitative estimate of drug-likeness (QED) is 0.832. The molecule has 0 saturated heterocycles. The van der Waals surface area contributed by atoms with Crippen LogP contribution in [0.3, 0.4) is 0 Å². The van der Waals surface area contributed by atoms with Crippen LogP contribution in [0.2, 0.25) is 0 Å². The third-order valence-electron chi connectivity index (χ3n) is 4.25. The molecule has 1 atom stereocenters. The highest BCUT2D eigenvalue weighted by atomic mass is 32.1. The zero-order valence-corrected chi connectivity index (χ0v) is 13.4. The molecule has 2 aromatic rings. The Bertz CT molecular complexity index is 663. The van der Waals surface area contributed by atoms with Crippen molar-refractivity contribution in [1.82, 2.24) is 4.98 Å². The second-order valence-electron chi connectivity index (χ2n) is 5.88. The molecule has 0 radical (unpaired) electrons. The Morgan fingerprint density at radius 3 is 2.52 bits per heavy atom. The molecule has 1 aliphatic carbocycles. The first-order valence-corrected chi connectivity index (χ1v) is 8.59. The molecule has 2 nitrogen and oxygen atoms in total. The van der Waals surface area contributed by atoms with Crippen LogP contribution in [0.15, 0.2) is 24.3 Å². The number of hydrogen-bond acceptors (Lipinski definition) is 3. The van der Waals surface area contributed by atoms with Gasteiger partial charge in [0.15, 0.2) is 0 Å². The van der Waals surface area contributed by atoms with Crippen molar-refractivity contribution in [2.75, 3.05) is 6.61 Å². The Balaban J connectivity index is 1.93. The largest absolute Gasteiger partial charge is 0.416 e. The maximum absolute atomic E-state index is 12.7. The normalized spacial score (nSPS) is 19.0. The first-order chi connectivity index (χ1) is 11.0. The number of hydrogen-bond donors (Lipinski definition) is 1. The highest BCUT2D eigenvalue weighted by Crippen LogP contribution is 2.37. The summed E-state index contributed by atoms with van der Waals surface area (Å²) < 4.78 is 38.0. The molecule has 124 valence electrons. The predicted octanol–water partition coefficient (Wildman–Crippen LogP) is 5.02. The van der Waals surface area contributed by atoms with E-state index in [1.807, 2.05) is 0 Å². The highest BCUT2D eigenvalue weighted by molar-refractivity contribution is 7.15. The van der Waals surface area contributed by atoms with Crippen molar-refractivity contribution in [2.45, 2.75) is 44.2 Å². The Hall–Kier alpha value is -1.40. The number of aryl methyl sites for hydroxylation is 1. The number of fused-ring (bicyclic) bond motifs is 1. The number of aromatic nitrogens is 1. The summed E-state index contributed by atoms with van der Waals surface area (Å²) in [5, 5.41) is 10.3. The summed E-state index contributed by atoms with van der Waals surface area (Å²) in [6.07, 6.45) is 0.851. The van der Waals surface area contributed by atoms with E-state index in [0.717, 1.165) is 54.9 Å². The molecule has 1 aromatic heterocycles. The van der Waals surface area contributed by atoms with Crippen molar-refractivity contribution >= 4 is 11.3 Å². The van der Waals surface area contributed by atoms with Gasteiger partial charge in [0.1, 0.15) is 5.01 Å². The highest BCUT2D eigenvalue weighted by Gasteiger charge is 2.30. The SMILES string of the molecule is OCC1CCCCCc2sc(-c3ccc(C(F)(F)F)cc3)nc21. The van der Waals surface area contributed by atoms with E-state index >= 15 is 0 Å². The summed E-state index contributed by atoms with van der Waals surface area (Å²) >= 11 is 1.54. The molecule has 1 aliphatic rings. The average molecular weight is 341 g/mol. The van der Waals surface area contributed by atoms with Crippen LogP contribution in [-0.4, -0.2) is 16.7 Å². The van der Waals surface area contributed by atoms with E-state index in [9.17, 15) is 18.3 Å². The lowest BCUT2D eigenvalue weighted by atomic mass is 9.93. The topological polar surface area (TPSA) is 33.1 Å². The number of halogens is 3. The number of nitrogens with zero attached hydrogens (tertiary/aromatic N) is 1. The van der Waals surface area contributed by atoms with Crippen LogP contribution < -0.4 is 0 Å². The molecule has 0 saturated carbocycles. The van der Waals surface area contributed by atoms with Crippen LogP contribution >= 0.6 is 11.3 Å². The monoisotopic (exact) mass is 341 g/mol. The van der Waals surface area contributed by atoms with Crippen LogP contribution in [0, 0.1) is 0 Å². The lowest BCUT2D eigenvalue weighted by molar-refractivity contribution is -0.137. The molecule has 1 N–H and O–H groups in total. The van der Waals surface area contributed by atoms with Gasteiger partial charge >= 0.3 is 6.18 Å². The van der Waals surface area contributed by atoms with Gasteiger partial charge in [-0.3, -0.25) is 0 Å². The molecule has 0 aliphatic heterocycles. The smallest absolute Gasteiger partial charge is 0.396 e. The number of alkyl halides is 3. The third kappa shape index (κ3) is 3.58. The van der Waals surface area contributed by atoms with Gasteiger partial charge < -0.3 is 5.11 Å². The van der Waals surface area contributed by atoms with Crippen LogP contribution in [0.4, 0.5) is 13.2 Å². The van der Waals surface area contributed by atoms with Gasteiger partial charge in [-0.05, 0) is 31.4 Å². The van der Waals surface area contributed by atoms with Crippen LogP contribution in [0.25, 0.3) is 10.6 Å². The maximum Gasteiger partial charge on any atom is 0.416 e. The standard InChI is InChI=1S/C17H18F3NOS/c18-17(19,20)13-8-6-11(7-9-13)16-21-15-12(10-22)4-2-1-3-5-14(15)23-16/h6-9,12,22H,1-5,10H2. The number of rotatable bonds is 2. The lowest BCUT2D eigenvalue weighted by Crippen LogP contribution is -2.09. The zero-order valence-electron chi connectivity index (χ0n) is 12.6. The fourth-order valence-electron chi connectivity index (χ4n) is 2.95. The van der Waals surface area contributed by atoms with Crippen LogP contribution in [0.5, 0.6) is 0 Å². The minimum Gasteiger partial charge on any atom is -0.396 e. The summed E-state index contributed by atoms with van der Waals surface area (Å²) in [5.41, 5.74) is 0.989. The Kier molecular flexibility index (Phi) is 4.73. The van der Waals surface area contributed by atoms with E-state index < -0.39 is 11.7 Å². The number of aliphatic hydroxyl groups excluding tert-OH is 1. The molecule has 6 heteroatoms. The number of benzene rings is 1. The van der Waals surface area contributed by atoms with E-state index in [-0.39, 0.29) is 12.5 Å². The summed E-state index contributed by atoms with van der Waals surface area (Å²) in [4.78, 5) is 5.81. The predicted molar refractivity (Wildman–Crippen MR) is 84.6 cm³/mol. The second-order valence-corrected chi connectivity index (χ2v) is 6.96. The summed E-state index contributed by atoms with van der Waals surface area (Å²) in [7, 11) is 0. The van der Waals surface area contributed by atoms with Gasteiger partial charge in [0.2, 0.25) is 0 Å². The van der Waals surface area contributed by atoms with Gasteiger partial charge in [-0.1, -0.05) is 25.0 Å². The number of aliphatic hydroxyl groups is 1. The Labute approximate surface area is 137 Å². The maximum atomic E-state index is 12.7. The van der Waals surface area contributed by atoms with Gasteiger partial charge in [0, 0.05) is 16.4 Å². The second kappa shape index (κ2) is 6.61. The van der Waals surface area contributed by atoms with Crippen LogP contribution in [-0.2, 0) is 12.6 Å². The molecule has 23 heavy (non-hydrogen) atoms. The molecular formula is C17H18F3NOS. The molecular weight excluding hydrogens is 323 g/mol. The molecule has 0 amide bonds. The molecule has 3 rings (SSSR count). The van der Waals surface area contributed by atoms with Crippen molar-refractivity contribution in [3.8, 4) is 10.6 Å². The fourth-order valence-corrected chi connectivity index (χ4v) is 4.15. The molecule has 0 fully saturated rings. The van der Waals surface area contributed by atoms with Crippen LogP contribution in [0.1, 0.15) is 47.7 Å². The minimum absolute atomic E-state index is 0.0461. The van der Waals surface area contributed by atoms with Gasteiger partial charge in [0.25, 0.3) is 0 Å². The van der Waals surface area contributed by atoms with Crippen molar-refractivity contribution in [3.05, 3.63) is 40.4 Å². The summed E-state index contributed by atoms with van der Waals surface area (Å²) in [5.74, 6) is 0.0461. The van der Waals surface area contributed by atoms with E-state index in [2.05, 4.69) is 4.98 Å². The lowest BCUT2D eigenvalue weighted by Gasteiger charge is -2.16. The van der Waals surface area contributed by atoms with Crippen molar-refractivity contribution < 1.29 is 18.3 Å². The van der Waals surface area contributed by atoms with Gasteiger partial charge in [0.05, 0.1) is 17.9 Å². The third-order valence-corrected chi connectivity index (χ3v) is 5.43. The van der Waals surface area contributed by atoms with E-state index in [1.54, 1.807) is 11.3 Å². The summed E-state index contributed by atoms with van der Waals surface area (Å²) in [6.45, 7) is 0.0726. The Morgan fingerprint density at radius 2 is 1.87 bits per heavy atom. The molecule has 0 spiro atoms. The molecule has 1 heterocycles. The van der Waals surface area contributed by atoms with E-state index in [1.165, 1.54) is 17.0 Å². The van der Waals surface area contributed by atoms with Crippen molar-refractivity contribution in [2.24, 2.45) is 0 Å². The average Bonchev–Trinajstić information content (AvgIpc) is 2.90. The fraction of sp³-hybridized carbons (Fsp3) is 0.471. The first-order valence-electron chi connectivity index (χ1n) is 7.77. The van der Waals surface area contributed by atoms with E-state index in [4.69, 9.17) is 0 Å². The summed E-state index contributed by atoms with van der Waals surface area (Å²) in [6, 6.07) is 5.14. The van der Waals surface area contributed by atoms with Crippen molar-refractivity contribution in [1.29, 1.82) is 0 Å². The van der Waals surface area contributed by atoms with Gasteiger partial charge in [-0.25, -0.2) is 4.98 Å². The van der Waals surface area contributed by atoms with E-state index in [0.29, 0.717) is 5.56 Å². The van der Waals surface area contributed by atoms with Gasteiger partial charge in [-0.15, -0.1) is 11.3 Å². The number of thiazole rings is 1. The minimum atomic E-state index is -4.32. The van der Waals surface area contributed by atoms with Crippen molar-refractivity contribution in [3.63, 3.8) is 0 Å².